The molecule has 0 radical (unpaired) electrons. The highest BCUT2D eigenvalue weighted by Gasteiger charge is 2.53. The smallest absolute Gasteiger partial charge is 0.309 e. The lowest BCUT2D eigenvalue weighted by atomic mass is 9.73. The van der Waals surface area contributed by atoms with Gasteiger partial charge in [-0.05, 0) is 43.4 Å². The van der Waals surface area contributed by atoms with E-state index in [1.54, 1.807) is 26.3 Å². The standard InChI is InChI=1S/C27H37NO6S/c1-15-7-6-10-27(5)22(34-27)12-19(17-8-9-18-20(11-17)35-14-28-18)33-23(30)13-21(29)26(3,4)25(32)16(2)24(15)31/h8-9,11,14-16,19,21-22,24,29,31H,6-7,10,12-13H2,1-5H3. The lowest BCUT2D eigenvalue weighted by Gasteiger charge is -2.34. The van der Waals surface area contributed by atoms with E-state index in [4.69, 9.17) is 9.47 Å². The molecule has 0 saturated carbocycles. The number of Topliss-reactive ketones (excluding diaryl/α,β-unsaturated/α-hetero) is 1. The quantitative estimate of drug-likeness (QED) is 0.433. The van der Waals surface area contributed by atoms with Crippen LogP contribution < -0.4 is 0 Å². The third kappa shape index (κ3) is 5.45. The van der Waals surface area contributed by atoms with E-state index >= 15 is 0 Å². The molecule has 35 heavy (non-hydrogen) atoms. The van der Waals surface area contributed by atoms with Crippen molar-refractivity contribution in [1.29, 1.82) is 0 Å². The van der Waals surface area contributed by atoms with Crippen molar-refractivity contribution < 1.29 is 29.3 Å². The minimum atomic E-state index is -1.23. The average Bonchev–Trinajstić information content (AvgIpc) is 3.21. The van der Waals surface area contributed by atoms with Crippen LogP contribution in [-0.2, 0) is 19.1 Å². The molecule has 4 rings (SSSR count). The summed E-state index contributed by atoms with van der Waals surface area (Å²) >= 11 is 1.53. The summed E-state index contributed by atoms with van der Waals surface area (Å²) in [7, 11) is 0. The van der Waals surface area contributed by atoms with Crippen LogP contribution in [0.4, 0.5) is 0 Å². The molecule has 0 aliphatic carbocycles. The summed E-state index contributed by atoms with van der Waals surface area (Å²) in [6.07, 6.45) is 0.0429. The Kier molecular flexibility index (Phi) is 7.40. The first-order valence-electron chi connectivity index (χ1n) is 12.5. The topological polar surface area (TPSA) is 109 Å². The van der Waals surface area contributed by atoms with Gasteiger partial charge in [0.1, 0.15) is 11.9 Å². The fourth-order valence-corrected chi connectivity index (χ4v) is 6.02. The highest BCUT2D eigenvalue weighted by Crippen LogP contribution is 2.46. The highest BCUT2D eigenvalue weighted by atomic mass is 32.1. The van der Waals surface area contributed by atoms with Crippen molar-refractivity contribution in [3.8, 4) is 0 Å². The Morgan fingerprint density at radius 2 is 1.89 bits per heavy atom. The lowest BCUT2D eigenvalue weighted by molar-refractivity contribution is -0.156. The van der Waals surface area contributed by atoms with E-state index in [1.807, 2.05) is 25.1 Å². The van der Waals surface area contributed by atoms with Crippen molar-refractivity contribution in [2.45, 2.75) is 96.7 Å². The van der Waals surface area contributed by atoms with Gasteiger partial charge in [0.2, 0.25) is 0 Å². The minimum Gasteiger partial charge on any atom is -0.457 e. The molecule has 2 fully saturated rings. The molecule has 2 saturated heterocycles. The fraction of sp³-hybridized carbons (Fsp3) is 0.667. The molecule has 1 aromatic carbocycles. The van der Waals surface area contributed by atoms with E-state index in [1.165, 1.54) is 11.3 Å². The van der Waals surface area contributed by atoms with Gasteiger partial charge in [-0.1, -0.05) is 40.2 Å². The lowest BCUT2D eigenvalue weighted by Crippen LogP contribution is -2.45. The predicted molar refractivity (Wildman–Crippen MR) is 134 cm³/mol. The maximum Gasteiger partial charge on any atom is 0.309 e. The molecule has 3 heterocycles. The summed E-state index contributed by atoms with van der Waals surface area (Å²) in [5, 5.41) is 21.7. The summed E-state index contributed by atoms with van der Waals surface area (Å²) in [5.74, 6) is -1.55. The number of carbonyl (C=O) groups is 2. The third-order valence-electron chi connectivity index (χ3n) is 8.13. The Balaban J connectivity index is 1.60. The van der Waals surface area contributed by atoms with Crippen molar-refractivity contribution in [2.75, 3.05) is 0 Å². The molecule has 0 spiro atoms. The monoisotopic (exact) mass is 503 g/mol. The summed E-state index contributed by atoms with van der Waals surface area (Å²) in [6, 6.07) is 5.84. The number of ether oxygens (including phenoxy) is 2. The van der Waals surface area contributed by atoms with Crippen LogP contribution in [0.15, 0.2) is 23.7 Å². The van der Waals surface area contributed by atoms with E-state index in [-0.39, 0.29) is 29.8 Å². The molecule has 2 aliphatic heterocycles. The Morgan fingerprint density at radius 3 is 2.63 bits per heavy atom. The van der Waals surface area contributed by atoms with Gasteiger partial charge in [-0.3, -0.25) is 9.59 Å². The molecule has 2 aliphatic rings. The number of aromatic nitrogens is 1. The van der Waals surface area contributed by atoms with Crippen molar-refractivity contribution in [1.82, 2.24) is 4.98 Å². The second-order valence-corrected chi connectivity index (χ2v) is 12.1. The molecule has 7 atom stereocenters. The average molecular weight is 504 g/mol. The Hall–Kier alpha value is -1.87. The number of epoxide rings is 1. The molecule has 7 unspecified atom stereocenters. The van der Waals surface area contributed by atoms with E-state index < -0.39 is 35.6 Å². The fourth-order valence-electron chi connectivity index (χ4n) is 5.29. The van der Waals surface area contributed by atoms with Gasteiger partial charge in [0.15, 0.2) is 0 Å². The number of aliphatic hydroxyl groups is 2. The largest absolute Gasteiger partial charge is 0.457 e. The molecule has 7 nitrogen and oxygen atoms in total. The van der Waals surface area contributed by atoms with E-state index in [2.05, 4.69) is 11.9 Å². The van der Waals surface area contributed by atoms with Crippen LogP contribution in [0.5, 0.6) is 0 Å². The maximum absolute atomic E-state index is 13.2. The van der Waals surface area contributed by atoms with E-state index in [0.29, 0.717) is 6.42 Å². The number of nitrogens with zero attached hydrogens (tertiary/aromatic N) is 1. The zero-order valence-corrected chi connectivity index (χ0v) is 22.0. The summed E-state index contributed by atoms with van der Waals surface area (Å²) in [6.45, 7) is 8.99. The van der Waals surface area contributed by atoms with Gasteiger partial charge >= 0.3 is 5.97 Å². The summed E-state index contributed by atoms with van der Waals surface area (Å²) in [4.78, 5) is 30.5. The number of benzene rings is 1. The van der Waals surface area contributed by atoms with Gasteiger partial charge in [0, 0.05) is 12.3 Å². The van der Waals surface area contributed by atoms with Crippen LogP contribution in [0.1, 0.15) is 78.4 Å². The third-order valence-corrected chi connectivity index (χ3v) is 8.93. The Morgan fingerprint density at radius 1 is 1.14 bits per heavy atom. The molecule has 0 amide bonds. The number of esters is 1. The molecular formula is C27H37NO6S. The minimum absolute atomic E-state index is 0.0486. The number of thiazole rings is 1. The van der Waals surface area contributed by atoms with Gasteiger partial charge in [-0.15, -0.1) is 11.3 Å². The number of aliphatic hydroxyl groups excluding tert-OH is 2. The zero-order valence-electron chi connectivity index (χ0n) is 21.2. The molecule has 2 N–H and O–H groups in total. The van der Waals surface area contributed by atoms with Crippen molar-refractivity contribution in [2.24, 2.45) is 17.3 Å². The first-order valence-corrected chi connectivity index (χ1v) is 13.4. The van der Waals surface area contributed by atoms with Crippen molar-refractivity contribution in [3.05, 3.63) is 29.3 Å². The second-order valence-electron chi connectivity index (χ2n) is 11.2. The first-order chi connectivity index (χ1) is 16.4. The molecule has 1 aromatic heterocycles. The van der Waals surface area contributed by atoms with Crippen LogP contribution in [-0.4, -0.2) is 50.9 Å². The predicted octanol–water partition coefficient (Wildman–Crippen LogP) is 4.59. The molecular weight excluding hydrogens is 466 g/mol. The number of rotatable bonds is 1. The maximum atomic E-state index is 13.2. The number of hydrogen-bond donors (Lipinski definition) is 2. The van der Waals surface area contributed by atoms with Gasteiger partial charge < -0.3 is 19.7 Å². The van der Waals surface area contributed by atoms with E-state index in [9.17, 15) is 19.8 Å². The SMILES string of the molecule is CC1CCCC2(C)OC2CC(c2ccc3ncsc3c2)OC(=O)CC(O)C(C)(C)C(=O)C(C)C1O. The van der Waals surface area contributed by atoms with Crippen molar-refractivity contribution in [3.63, 3.8) is 0 Å². The molecule has 192 valence electrons. The first kappa shape index (κ1) is 26.2. The van der Waals surface area contributed by atoms with E-state index in [0.717, 1.165) is 35.0 Å². The Labute approximate surface area is 210 Å². The summed E-state index contributed by atoms with van der Waals surface area (Å²) < 4.78 is 13.0. The summed E-state index contributed by atoms with van der Waals surface area (Å²) in [5.41, 5.74) is 2.04. The number of cyclic esters (lactones) is 1. The zero-order chi connectivity index (χ0) is 25.5. The van der Waals surface area contributed by atoms with Crippen LogP contribution >= 0.6 is 11.3 Å². The van der Waals surface area contributed by atoms with Gasteiger partial charge in [-0.25, -0.2) is 4.98 Å². The van der Waals surface area contributed by atoms with Gasteiger partial charge in [0.05, 0.1) is 51.5 Å². The molecule has 2 aromatic rings. The number of fused-ring (bicyclic) bond motifs is 2. The normalized spacial score (nSPS) is 37.0. The number of hydrogen-bond acceptors (Lipinski definition) is 8. The van der Waals surface area contributed by atoms with Gasteiger partial charge in [-0.2, -0.15) is 0 Å². The van der Waals surface area contributed by atoms with Gasteiger partial charge in [0.25, 0.3) is 0 Å². The molecule has 0 bridgehead atoms. The Bertz CT molecular complexity index is 1080. The second kappa shape index (κ2) is 9.88. The van der Waals surface area contributed by atoms with Crippen LogP contribution in [0.3, 0.4) is 0 Å². The van der Waals surface area contributed by atoms with Crippen LogP contribution in [0.2, 0.25) is 0 Å². The molecule has 8 heteroatoms. The highest BCUT2D eigenvalue weighted by molar-refractivity contribution is 7.16. The number of carbonyl (C=O) groups excluding carboxylic acids is 2. The van der Waals surface area contributed by atoms with Crippen LogP contribution in [0, 0.1) is 17.3 Å². The van der Waals surface area contributed by atoms with Crippen molar-refractivity contribution >= 4 is 33.3 Å². The number of ketones is 1. The van der Waals surface area contributed by atoms with Crippen LogP contribution in [0.25, 0.3) is 10.2 Å².